The van der Waals surface area contributed by atoms with Gasteiger partial charge in [0.15, 0.2) is 0 Å². The first kappa shape index (κ1) is 17.0. The normalized spacial score (nSPS) is 17.5. The van der Waals surface area contributed by atoms with Crippen LogP contribution < -0.4 is 4.90 Å². The monoisotopic (exact) mass is 353 g/mol. The Balaban J connectivity index is 1.47. The lowest BCUT2D eigenvalue weighted by molar-refractivity contribution is 0.0742. The fourth-order valence-electron chi connectivity index (χ4n) is 3.63. The van der Waals surface area contributed by atoms with Crippen LogP contribution in [0.15, 0.2) is 30.5 Å². The average molecular weight is 353 g/mol. The minimum absolute atomic E-state index is 0.163. The number of rotatable bonds is 3. The van der Waals surface area contributed by atoms with Gasteiger partial charge in [-0.25, -0.2) is 9.37 Å². The summed E-state index contributed by atoms with van der Waals surface area (Å²) in [6.45, 7) is 6.54. The maximum Gasteiger partial charge on any atom is 0.256 e. The number of carbonyl (C=O) groups excluding carboxylic acids is 1. The number of aromatic nitrogens is 1. The number of amides is 1. The van der Waals surface area contributed by atoms with Crippen LogP contribution in [-0.4, -0.2) is 42.0 Å². The molecule has 0 radical (unpaired) electrons. The van der Waals surface area contributed by atoms with E-state index in [0.29, 0.717) is 19.0 Å². The van der Waals surface area contributed by atoms with Gasteiger partial charge in [0.25, 0.3) is 5.91 Å². The summed E-state index contributed by atoms with van der Waals surface area (Å²) in [4.78, 5) is 21.3. The molecule has 0 spiro atoms. The standard InChI is InChI=1S/C21H24FN3O/c1-14-3-6-17(19(22)12-14)21(26)25-9-7-24(8-10-25)20-18(16-4-5-16)11-15(2)13-23-20/h3,6,11-13,16H,4-5,7-10H2,1-2H3. The summed E-state index contributed by atoms with van der Waals surface area (Å²) >= 11 is 0. The fraction of sp³-hybridized carbons (Fsp3) is 0.429. The number of anilines is 1. The van der Waals surface area contributed by atoms with Gasteiger partial charge in [-0.1, -0.05) is 12.1 Å². The number of hydrogen-bond donors (Lipinski definition) is 0. The molecule has 2 aliphatic rings. The molecule has 1 aromatic heterocycles. The second-order valence-electron chi connectivity index (χ2n) is 7.46. The molecule has 1 saturated carbocycles. The summed E-state index contributed by atoms with van der Waals surface area (Å²) in [7, 11) is 0. The van der Waals surface area contributed by atoms with Gasteiger partial charge in [0, 0.05) is 32.4 Å². The minimum Gasteiger partial charge on any atom is -0.353 e. The second kappa shape index (κ2) is 6.71. The Morgan fingerprint density at radius 3 is 2.46 bits per heavy atom. The number of aryl methyl sites for hydroxylation is 2. The van der Waals surface area contributed by atoms with Gasteiger partial charge in [0.05, 0.1) is 5.56 Å². The van der Waals surface area contributed by atoms with Crippen molar-refractivity contribution in [3.8, 4) is 0 Å². The predicted octanol–water partition coefficient (Wildman–Crippen LogP) is 3.68. The van der Waals surface area contributed by atoms with Crippen LogP contribution in [0.5, 0.6) is 0 Å². The summed E-state index contributed by atoms with van der Waals surface area (Å²) in [6.07, 6.45) is 4.40. The summed E-state index contributed by atoms with van der Waals surface area (Å²) < 4.78 is 14.1. The highest BCUT2D eigenvalue weighted by Crippen LogP contribution is 2.44. The predicted molar refractivity (Wildman–Crippen MR) is 100 cm³/mol. The van der Waals surface area contributed by atoms with E-state index in [9.17, 15) is 9.18 Å². The van der Waals surface area contributed by atoms with E-state index >= 15 is 0 Å². The molecule has 4 rings (SSSR count). The summed E-state index contributed by atoms with van der Waals surface area (Å²) in [5.74, 6) is 1.04. The Labute approximate surface area is 153 Å². The molecule has 2 heterocycles. The molecule has 4 nitrogen and oxygen atoms in total. The van der Waals surface area contributed by atoms with Crippen LogP contribution in [0.4, 0.5) is 10.2 Å². The van der Waals surface area contributed by atoms with Crippen molar-refractivity contribution in [1.82, 2.24) is 9.88 Å². The molecule has 1 saturated heterocycles. The number of pyridine rings is 1. The molecule has 0 bridgehead atoms. The van der Waals surface area contributed by atoms with Crippen molar-refractivity contribution < 1.29 is 9.18 Å². The Bertz CT molecular complexity index is 839. The van der Waals surface area contributed by atoms with E-state index in [1.54, 1.807) is 17.0 Å². The van der Waals surface area contributed by atoms with E-state index < -0.39 is 5.82 Å². The number of piperazine rings is 1. The van der Waals surface area contributed by atoms with Gasteiger partial charge in [0.2, 0.25) is 0 Å². The summed E-state index contributed by atoms with van der Waals surface area (Å²) in [6, 6.07) is 7.04. The largest absolute Gasteiger partial charge is 0.353 e. The number of hydrogen-bond acceptors (Lipinski definition) is 3. The molecule has 1 aromatic carbocycles. The highest BCUT2D eigenvalue weighted by atomic mass is 19.1. The van der Waals surface area contributed by atoms with Gasteiger partial charge in [-0.15, -0.1) is 0 Å². The number of nitrogens with zero attached hydrogens (tertiary/aromatic N) is 3. The molecule has 26 heavy (non-hydrogen) atoms. The van der Waals surface area contributed by atoms with Gasteiger partial charge in [0.1, 0.15) is 11.6 Å². The maximum absolute atomic E-state index is 14.1. The first-order chi connectivity index (χ1) is 12.5. The molecule has 1 aliphatic heterocycles. The van der Waals surface area contributed by atoms with Crippen LogP contribution in [0, 0.1) is 19.7 Å². The van der Waals surface area contributed by atoms with Gasteiger partial charge in [-0.2, -0.15) is 0 Å². The SMILES string of the molecule is Cc1ccc(C(=O)N2CCN(c3ncc(C)cc3C3CC3)CC2)c(F)c1. The van der Waals surface area contributed by atoms with Gasteiger partial charge in [-0.3, -0.25) is 4.79 Å². The Morgan fingerprint density at radius 2 is 1.81 bits per heavy atom. The molecular weight excluding hydrogens is 329 g/mol. The highest BCUT2D eigenvalue weighted by molar-refractivity contribution is 5.94. The van der Waals surface area contributed by atoms with E-state index in [4.69, 9.17) is 0 Å². The molecule has 2 aromatic rings. The maximum atomic E-state index is 14.1. The molecule has 0 atom stereocenters. The van der Waals surface area contributed by atoms with Crippen molar-refractivity contribution in [3.05, 3.63) is 58.5 Å². The first-order valence-corrected chi connectivity index (χ1v) is 9.30. The van der Waals surface area contributed by atoms with Crippen molar-refractivity contribution in [3.63, 3.8) is 0 Å². The van der Waals surface area contributed by atoms with E-state index in [2.05, 4.69) is 22.9 Å². The number of halogens is 1. The average Bonchev–Trinajstić information content (AvgIpc) is 3.46. The zero-order valence-electron chi connectivity index (χ0n) is 15.3. The van der Waals surface area contributed by atoms with E-state index in [-0.39, 0.29) is 11.5 Å². The van der Waals surface area contributed by atoms with Crippen LogP contribution >= 0.6 is 0 Å². The zero-order valence-corrected chi connectivity index (χ0v) is 15.3. The molecule has 0 N–H and O–H groups in total. The number of carbonyl (C=O) groups is 1. The van der Waals surface area contributed by atoms with Crippen molar-refractivity contribution in [2.75, 3.05) is 31.1 Å². The lowest BCUT2D eigenvalue weighted by Crippen LogP contribution is -2.49. The third-order valence-corrected chi connectivity index (χ3v) is 5.27. The van der Waals surface area contributed by atoms with Gasteiger partial charge >= 0.3 is 0 Å². The zero-order chi connectivity index (χ0) is 18.3. The Morgan fingerprint density at radius 1 is 1.08 bits per heavy atom. The van der Waals surface area contributed by atoms with Crippen LogP contribution in [-0.2, 0) is 0 Å². The van der Waals surface area contributed by atoms with Crippen LogP contribution in [0.25, 0.3) is 0 Å². The van der Waals surface area contributed by atoms with Gasteiger partial charge < -0.3 is 9.80 Å². The third kappa shape index (κ3) is 3.30. The minimum atomic E-state index is -0.436. The molecular formula is C21H24FN3O. The molecule has 1 aliphatic carbocycles. The van der Waals surface area contributed by atoms with Crippen molar-refractivity contribution in [2.24, 2.45) is 0 Å². The molecule has 136 valence electrons. The van der Waals surface area contributed by atoms with Crippen LogP contribution in [0.2, 0.25) is 0 Å². The summed E-state index contributed by atoms with van der Waals surface area (Å²) in [5.41, 5.74) is 3.52. The fourth-order valence-corrected chi connectivity index (χ4v) is 3.63. The molecule has 1 amide bonds. The van der Waals surface area contributed by atoms with Crippen molar-refractivity contribution >= 4 is 11.7 Å². The van der Waals surface area contributed by atoms with Crippen molar-refractivity contribution in [1.29, 1.82) is 0 Å². The Kier molecular flexibility index (Phi) is 4.39. The van der Waals surface area contributed by atoms with E-state index in [1.165, 1.54) is 30.0 Å². The van der Waals surface area contributed by atoms with E-state index in [0.717, 1.165) is 24.5 Å². The quantitative estimate of drug-likeness (QED) is 0.845. The highest BCUT2D eigenvalue weighted by Gasteiger charge is 2.31. The first-order valence-electron chi connectivity index (χ1n) is 9.30. The number of benzene rings is 1. The molecule has 0 unspecified atom stereocenters. The molecule has 2 fully saturated rings. The smallest absolute Gasteiger partial charge is 0.256 e. The van der Waals surface area contributed by atoms with Crippen molar-refractivity contribution in [2.45, 2.75) is 32.6 Å². The lowest BCUT2D eigenvalue weighted by Gasteiger charge is -2.36. The summed E-state index contributed by atoms with van der Waals surface area (Å²) in [5, 5.41) is 0. The van der Waals surface area contributed by atoms with Crippen LogP contribution in [0.1, 0.15) is 45.8 Å². The van der Waals surface area contributed by atoms with Crippen LogP contribution in [0.3, 0.4) is 0 Å². The lowest BCUT2D eigenvalue weighted by atomic mass is 10.1. The second-order valence-corrected chi connectivity index (χ2v) is 7.46. The Hall–Kier alpha value is -2.43. The molecule has 5 heteroatoms. The van der Waals surface area contributed by atoms with Gasteiger partial charge in [-0.05, 0) is 61.4 Å². The topological polar surface area (TPSA) is 36.4 Å². The third-order valence-electron chi connectivity index (χ3n) is 5.27. The van der Waals surface area contributed by atoms with E-state index in [1.807, 2.05) is 13.1 Å².